The Balaban J connectivity index is 2.20. The van der Waals surface area contributed by atoms with Crippen molar-refractivity contribution >= 4 is 21.6 Å². The van der Waals surface area contributed by atoms with Crippen LogP contribution in [0.4, 0.5) is 0 Å². The minimum Gasteiger partial charge on any atom is -0.315 e. The quantitative estimate of drug-likeness (QED) is 0.783. The van der Waals surface area contributed by atoms with Crippen LogP contribution in [0.1, 0.15) is 18.9 Å². The Hall–Kier alpha value is -1.40. The van der Waals surface area contributed by atoms with Crippen LogP contribution in [0, 0.1) is 0 Å². The summed E-state index contributed by atoms with van der Waals surface area (Å²) >= 11 is 1.38. The first-order valence-corrected chi connectivity index (χ1v) is 6.58. The smallest absolute Gasteiger partial charge is 0.315 e. The van der Waals surface area contributed by atoms with Crippen LogP contribution < -0.4 is 16.6 Å². The van der Waals surface area contributed by atoms with Crippen LogP contribution in [0.5, 0.6) is 0 Å². The average molecular weight is 251 g/mol. The molecule has 1 atom stereocenters. The molecule has 1 aliphatic rings. The van der Waals surface area contributed by atoms with Gasteiger partial charge in [-0.15, -0.1) is 11.3 Å². The van der Waals surface area contributed by atoms with Gasteiger partial charge in [0.1, 0.15) is 4.70 Å². The third-order valence-corrected chi connectivity index (χ3v) is 4.08. The van der Waals surface area contributed by atoms with E-state index >= 15 is 0 Å². The summed E-state index contributed by atoms with van der Waals surface area (Å²) < 4.78 is 2.00. The summed E-state index contributed by atoms with van der Waals surface area (Å²) in [6.07, 6.45) is 1.88. The van der Waals surface area contributed by atoms with E-state index in [0.29, 0.717) is 16.8 Å². The number of H-pyrrole nitrogens is 1. The molecule has 2 aromatic heterocycles. The van der Waals surface area contributed by atoms with Crippen LogP contribution in [0.3, 0.4) is 0 Å². The van der Waals surface area contributed by atoms with Crippen molar-refractivity contribution in [2.75, 3.05) is 13.1 Å². The number of rotatable bonds is 1. The van der Waals surface area contributed by atoms with E-state index in [1.807, 2.05) is 5.38 Å². The highest BCUT2D eigenvalue weighted by atomic mass is 32.1. The summed E-state index contributed by atoms with van der Waals surface area (Å²) in [7, 11) is 0. The second kappa shape index (κ2) is 4.12. The van der Waals surface area contributed by atoms with Gasteiger partial charge in [0.05, 0.1) is 11.6 Å². The molecule has 5 nitrogen and oxygen atoms in total. The van der Waals surface area contributed by atoms with Crippen LogP contribution >= 0.6 is 11.3 Å². The van der Waals surface area contributed by atoms with Crippen LogP contribution in [-0.2, 0) is 0 Å². The lowest BCUT2D eigenvalue weighted by Gasteiger charge is -2.23. The molecule has 0 saturated carbocycles. The van der Waals surface area contributed by atoms with Crippen molar-refractivity contribution in [1.82, 2.24) is 14.9 Å². The van der Waals surface area contributed by atoms with Gasteiger partial charge in [0, 0.05) is 6.54 Å². The normalized spacial score (nSPS) is 20.8. The molecule has 0 bridgehead atoms. The molecule has 0 radical (unpaired) electrons. The lowest BCUT2D eigenvalue weighted by atomic mass is 10.1. The summed E-state index contributed by atoms with van der Waals surface area (Å²) in [6.45, 7) is 1.66. The number of nitrogens with one attached hydrogen (secondary N) is 2. The predicted octanol–water partition coefficient (Wildman–Crippen LogP) is 0.676. The zero-order chi connectivity index (χ0) is 11.8. The van der Waals surface area contributed by atoms with E-state index < -0.39 is 0 Å². The van der Waals surface area contributed by atoms with Crippen molar-refractivity contribution in [2.45, 2.75) is 18.9 Å². The summed E-state index contributed by atoms with van der Waals surface area (Å²) in [6, 6.07) is 1.75. The van der Waals surface area contributed by atoms with Crippen LogP contribution in [-0.4, -0.2) is 22.6 Å². The van der Waals surface area contributed by atoms with Gasteiger partial charge in [0.25, 0.3) is 5.56 Å². The van der Waals surface area contributed by atoms with Gasteiger partial charge in [-0.1, -0.05) is 0 Å². The highest BCUT2D eigenvalue weighted by Gasteiger charge is 2.19. The number of aromatic nitrogens is 2. The molecule has 90 valence electrons. The van der Waals surface area contributed by atoms with Gasteiger partial charge in [0.15, 0.2) is 0 Å². The van der Waals surface area contributed by atoms with E-state index in [9.17, 15) is 9.59 Å². The van der Waals surface area contributed by atoms with Crippen LogP contribution in [0.15, 0.2) is 21.0 Å². The maximum Gasteiger partial charge on any atom is 0.329 e. The van der Waals surface area contributed by atoms with Gasteiger partial charge >= 0.3 is 5.69 Å². The van der Waals surface area contributed by atoms with E-state index in [1.165, 1.54) is 15.9 Å². The predicted molar refractivity (Wildman–Crippen MR) is 67.8 cm³/mol. The summed E-state index contributed by atoms with van der Waals surface area (Å²) in [5.74, 6) is 0. The highest BCUT2D eigenvalue weighted by Crippen LogP contribution is 2.16. The van der Waals surface area contributed by atoms with Crippen molar-refractivity contribution in [3.05, 3.63) is 32.3 Å². The lowest BCUT2D eigenvalue weighted by Crippen LogP contribution is -2.43. The van der Waals surface area contributed by atoms with Gasteiger partial charge in [0.2, 0.25) is 0 Å². The summed E-state index contributed by atoms with van der Waals surface area (Å²) in [4.78, 5) is 26.9. The second-order valence-electron chi connectivity index (χ2n) is 4.27. The molecule has 0 aromatic carbocycles. The molecule has 6 heteroatoms. The largest absolute Gasteiger partial charge is 0.329 e. The van der Waals surface area contributed by atoms with Gasteiger partial charge < -0.3 is 10.3 Å². The molecule has 17 heavy (non-hydrogen) atoms. The van der Waals surface area contributed by atoms with Gasteiger partial charge in [-0.3, -0.25) is 9.36 Å². The number of fused-ring (bicyclic) bond motifs is 1. The minimum atomic E-state index is -0.297. The number of hydrogen-bond acceptors (Lipinski definition) is 4. The molecule has 3 rings (SSSR count). The number of aromatic amines is 1. The first kappa shape index (κ1) is 10.7. The average Bonchev–Trinajstić information content (AvgIpc) is 2.78. The minimum absolute atomic E-state index is 0.0218. The Bertz CT molecular complexity index is 649. The molecule has 0 aliphatic carbocycles. The molecule has 1 aliphatic heterocycles. The zero-order valence-corrected chi connectivity index (χ0v) is 10.0. The van der Waals surface area contributed by atoms with Crippen molar-refractivity contribution in [3.8, 4) is 0 Å². The Kier molecular flexibility index (Phi) is 2.60. The van der Waals surface area contributed by atoms with E-state index in [2.05, 4.69) is 10.3 Å². The second-order valence-corrected chi connectivity index (χ2v) is 5.18. The summed E-state index contributed by atoms with van der Waals surface area (Å²) in [5.41, 5.74) is 0.187. The van der Waals surface area contributed by atoms with E-state index in [1.54, 1.807) is 6.07 Å². The van der Waals surface area contributed by atoms with E-state index in [0.717, 1.165) is 19.4 Å². The van der Waals surface area contributed by atoms with E-state index in [-0.39, 0.29) is 17.3 Å². The number of thiophene rings is 1. The molecule has 3 heterocycles. The summed E-state index contributed by atoms with van der Waals surface area (Å²) in [5, 5.41) is 5.05. The molecular weight excluding hydrogens is 238 g/mol. The molecule has 2 N–H and O–H groups in total. The first-order valence-electron chi connectivity index (χ1n) is 5.70. The highest BCUT2D eigenvalue weighted by molar-refractivity contribution is 7.17. The molecule has 1 saturated heterocycles. The fraction of sp³-hybridized carbons (Fsp3) is 0.455. The standard InChI is InChI=1S/C11H13N3O2S/c15-10-9-8(3-5-17-9)13-11(16)14(10)7-2-1-4-12-6-7/h3,5,7,12H,1-2,4,6H2,(H,13,16)/t7-/m1/s1. The Morgan fingerprint density at radius 2 is 2.29 bits per heavy atom. The molecule has 2 aromatic rings. The third-order valence-electron chi connectivity index (χ3n) is 3.17. The van der Waals surface area contributed by atoms with Crippen LogP contribution in [0.25, 0.3) is 10.2 Å². The molecular formula is C11H13N3O2S. The number of piperidine rings is 1. The maximum atomic E-state index is 12.2. The van der Waals surface area contributed by atoms with Gasteiger partial charge in [-0.2, -0.15) is 0 Å². The maximum absolute atomic E-state index is 12.2. The molecule has 0 unspecified atom stereocenters. The third kappa shape index (κ3) is 1.73. The topological polar surface area (TPSA) is 66.9 Å². The van der Waals surface area contributed by atoms with Crippen LogP contribution in [0.2, 0.25) is 0 Å². The van der Waals surface area contributed by atoms with Gasteiger partial charge in [-0.05, 0) is 30.8 Å². The molecule has 0 spiro atoms. The fourth-order valence-electron chi connectivity index (χ4n) is 2.34. The van der Waals surface area contributed by atoms with Crippen molar-refractivity contribution in [2.24, 2.45) is 0 Å². The Morgan fingerprint density at radius 3 is 3.06 bits per heavy atom. The van der Waals surface area contributed by atoms with E-state index in [4.69, 9.17) is 0 Å². The van der Waals surface area contributed by atoms with Crippen molar-refractivity contribution in [1.29, 1.82) is 0 Å². The fourth-order valence-corrected chi connectivity index (χ4v) is 3.12. The lowest BCUT2D eigenvalue weighted by molar-refractivity contribution is 0.356. The molecule has 0 amide bonds. The number of hydrogen-bond donors (Lipinski definition) is 2. The zero-order valence-electron chi connectivity index (χ0n) is 9.23. The number of nitrogens with zero attached hydrogens (tertiary/aromatic N) is 1. The van der Waals surface area contributed by atoms with Crippen molar-refractivity contribution < 1.29 is 0 Å². The monoisotopic (exact) mass is 251 g/mol. The Morgan fingerprint density at radius 1 is 1.41 bits per heavy atom. The molecule has 1 fully saturated rings. The SMILES string of the molecule is O=c1[nH]c2ccsc2c(=O)n1[C@@H]1CCCNC1. The first-order chi connectivity index (χ1) is 8.27. The van der Waals surface area contributed by atoms with Gasteiger partial charge in [-0.25, -0.2) is 4.79 Å². The Labute approximate surface area is 101 Å². The van der Waals surface area contributed by atoms with Crippen molar-refractivity contribution in [3.63, 3.8) is 0 Å².